The Balaban J connectivity index is 1.93. The fraction of sp³-hybridized carbons (Fsp3) is 0.125. The van der Waals surface area contributed by atoms with E-state index in [0.717, 1.165) is 16.9 Å². The van der Waals surface area contributed by atoms with E-state index in [1.54, 1.807) is 13.3 Å². The van der Waals surface area contributed by atoms with Gasteiger partial charge in [0.2, 0.25) is 0 Å². The molecule has 0 aliphatic heterocycles. The van der Waals surface area contributed by atoms with Gasteiger partial charge in [0.15, 0.2) is 5.11 Å². The molecule has 2 aromatic carbocycles. The maximum Gasteiger partial charge on any atom is 0.186 e. The molecule has 0 bridgehead atoms. The van der Waals surface area contributed by atoms with Gasteiger partial charge in [-0.05, 0) is 35.5 Å². The lowest BCUT2D eigenvalue weighted by Crippen LogP contribution is -2.28. The van der Waals surface area contributed by atoms with Crippen molar-refractivity contribution in [2.24, 2.45) is 5.10 Å². The number of hydrogen-bond acceptors (Lipinski definition) is 3. The summed E-state index contributed by atoms with van der Waals surface area (Å²) < 4.78 is 5.76. The molecule has 0 aromatic heterocycles. The summed E-state index contributed by atoms with van der Waals surface area (Å²) in [4.78, 5) is 0. The Hall–Kier alpha value is -2.40. The standard InChI is InChI=1S/C16H17N3OS/c1-17-16(21)19-18-11-14-8-5-9-15(10-14)20-12-13-6-3-2-4-7-13/h2-11H,12H2,1H3,(H2,17,19,21). The summed E-state index contributed by atoms with van der Waals surface area (Å²) in [6.07, 6.45) is 1.69. The van der Waals surface area contributed by atoms with Crippen molar-refractivity contribution in [1.82, 2.24) is 10.7 Å². The largest absolute Gasteiger partial charge is 0.489 e. The first-order valence-corrected chi connectivity index (χ1v) is 6.96. The van der Waals surface area contributed by atoms with Crippen molar-refractivity contribution in [2.75, 3.05) is 7.05 Å². The van der Waals surface area contributed by atoms with Gasteiger partial charge in [-0.3, -0.25) is 5.43 Å². The summed E-state index contributed by atoms with van der Waals surface area (Å²) in [6.45, 7) is 0.545. The molecule has 0 fully saturated rings. The van der Waals surface area contributed by atoms with Crippen LogP contribution in [0.15, 0.2) is 59.7 Å². The molecule has 0 spiro atoms. The summed E-state index contributed by atoms with van der Waals surface area (Å²) in [6, 6.07) is 17.8. The summed E-state index contributed by atoms with van der Waals surface area (Å²) in [5, 5.41) is 7.30. The number of nitrogens with zero attached hydrogens (tertiary/aromatic N) is 1. The van der Waals surface area contributed by atoms with Gasteiger partial charge in [-0.25, -0.2) is 0 Å². The Kier molecular flexibility index (Phi) is 5.72. The first kappa shape index (κ1) is 15.0. The fourth-order valence-electron chi connectivity index (χ4n) is 1.65. The van der Waals surface area contributed by atoms with Crippen LogP contribution in [-0.2, 0) is 6.61 Å². The molecule has 4 nitrogen and oxygen atoms in total. The summed E-state index contributed by atoms with van der Waals surface area (Å²) in [5.74, 6) is 0.805. The van der Waals surface area contributed by atoms with E-state index >= 15 is 0 Å². The van der Waals surface area contributed by atoms with Crippen molar-refractivity contribution in [1.29, 1.82) is 0 Å². The lowest BCUT2D eigenvalue weighted by molar-refractivity contribution is 0.306. The second kappa shape index (κ2) is 8.01. The topological polar surface area (TPSA) is 45.7 Å². The van der Waals surface area contributed by atoms with E-state index < -0.39 is 0 Å². The van der Waals surface area contributed by atoms with E-state index in [1.165, 1.54) is 0 Å². The van der Waals surface area contributed by atoms with Gasteiger partial charge >= 0.3 is 0 Å². The zero-order chi connectivity index (χ0) is 14.9. The smallest absolute Gasteiger partial charge is 0.186 e. The van der Waals surface area contributed by atoms with Crippen LogP contribution in [0.25, 0.3) is 0 Å². The van der Waals surface area contributed by atoms with Crippen molar-refractivity contribution >= 4 is 23.5 Å². The van der Waals surface area contributed by atoms with Gasteiger partial charge in [0.1, 0.15) is 12.4 Å². The molecule has 0 radical (unpaired) electrons. The van der Waals surface area contributed by atoms with Crippen LogP contribution in [-0.4, -0.2) is 18.4 Å². The van der Waals surface area contributed by atoms with Crippen LogP contribution < -0.4 is 15.5 Å². The van der Waals surface area contributed by atoms with Crippen LogP contribution in [0.4, 0.5) is 0 Å². The third kappa shape index (κ3) is 5.24. The van der Waals surface area contributed by atoms with Gasteiger partial charge in [0.05, 0.1) is 6.21 Å². The average molecular weight is 299 g/mol. The van der Waals surface area contributed by atoms with E-state index in [2.05, 4.69) is 15.8 Å². The molecule has 108 valence electrons. The fourth-order valence-corrected chi connectivity index (χ4v) is 1.70. The zero-order valence-corrected chi connectivity index (χ0v) is 12.6. The molecule has 0 saturated heterocycles. The van der Waals surface area contributed by atoms with Crippen LogP contribution in [0.1, 0.15) is 11.1 Å². The van der Waals surface area contributed by atoms with Crippen molar-refractivity contribution < 1.29 is 4.74 Å². The predicted octanol–water partition coefficient (Wildman–Crippen LogP) is 2.69. The highest BCUT2D eigenvalue weighted by atomic mass is 32.1. The lowest BCUT2D eigenvalue weighted by Gasteiger charge is -2.06. The number of hydrogen-bond donors (Lipinski definition) is 2. The average Bonchev–Trinajstić information content (AvgIpc) is 2.54. The van der Waals surface area contributed by atoms with Crippen molar-refractivity contribution in [3.05, 3.63) is 65.7 Å². The van der Waals surface area contributed by atoms with E-state index in [4.69, 9.17) is 17.0 Å². The molecule has 0 aliphatic rings. The molecule has 0 unspecified atom stereocenters. The van der Waals surface area contributed by atoms with E-state index in [1.807, 2.05) is 54.6 Å². The highest BCUT2D eigenvalue weighted by molar-refractivity contribution is 7.80. The minimum absolute atomic E-state index is 0.475. The van der Waals surface area contributed by atoms with Crippen molar-refractivity contribution in [3.63, 3.8) is 0 Å². The van der Waals surface area contributed by atoms with E-state index in [0.29, 0.717) is 11.7 Å². The van der Waals surface area contributed by atoms with E-state index in [-0.39, 0.29) is 0 Å². The van der Waals surface area contributed by atoms with Gasteiger partial charge in [0, 0.05) is 7.05 Å². The summed E-state index contributed by atoms with van der Waals surface area (Å²) in [7, 11) is 1.74. The molecule has 2 aromatic rings. The lowest BCUT2D eigenvalue weighted by atomic mass is 10.2. The molecule has 0 saturated carbocycles. The maximum absolute atomic E-state index is 5.76. The first-order valence-electron chi connectivity index (χ1n) is 6.55. The van der Waals surface area contributed by atoms with Crippen LogP contribution in [0, 0.1) is 0 Å². The van der Waals surface area contributed by atoms with Crippen LogP contribution in [0.3, 0.4) is 0 Å². The molecular formula is C16H17N3OS. The third-order valence-electron chi connectivity index (χ3n) is 2.71. The molecule has 5 heteroatoms. The molecule has 0 heterocycles. The minimum Gasteiger partial charge on any atom is -0.489 e. The molecule has 0 atom stereocenters. The van der Waals surface area contributed by atoms with Crippen LogP contribution in [0.5, 0.6) is 5.75 Å². The number of ether oxygens (including phenoxy) is 1. The highest BCUT2D eigenvalue weighted by Crippen LogP contribution is 2.14. The molecule has 21 heavy (non-hydrogen) atoms. The van der Waals surface area contributed by atoms with Gasteiger partial charge in [0.25, 0.3) is 0 Å². The Morgan fingerprint density at radius 3 is 2.76 bits per heavy atom. The number of benzene rings is 2. The number of nitrogens with one attached hydrogen (secondary N) is 2. The molecule has 2 rings (SSSR count). The van der Waals surface area contributed by atoms with Crippen LogP contribution >= 0.6 is 12.2 Å². The molecule has 2 N–H and O–H groups in total. The van der Waals surface area contributed by atoms with Gasteiger partial charge in [-0.15, -0.1) is 0 Å². The molecule has 0 aliphatic carbocycles. The Bertz CT molecular complexity index is 614. The van der Waals surface area contributed by atoms with Gasteiger partial charge in [-0.2, -0.15) is 5.10 Å². The Labute approximate surface area is 129 Å². The first-order chi connectivity index (χ1) is 10.3. The highest BCUT2D eigenvalue weighted by Gasteiger charge is 1.97. The summed E-state index contributed by atoms with van der Waals surface area (Å²) in [5.41, 5.74) is 4.78. The zero-order valence-electron chi connectivity index (χ0n) is 11.7. The van der Waals surface area contributed by atoms with Gasteiger partial charge in [-0.1, -0.05) is 42.5 Å². The molecular weight excluding hydrogens is 282 g/mol. The predicted molar refractivity (Wildman–Crippen MR) is 89.6 cm³/mol. The van der Waals surface area contributed by atoms with Crippen LogP contribution in [0.2, 0.25) is 0 Å². The molecule has 0 amide bonds. The second-order valence-corrected chi connectivity index (χ2v) is 4.70. The number of hydrazone groups is 1. The SMILES string of the molecule is CNC(=S)NN=Cc1cccc(OCc2ccccc2)c1. The Morgan fingerprint density at radius 2 is 2.00 bits per heavy atom. The monoisotopic (exact) mass is 299 g/mol. The van der Waals surface area contributed by atoms with Gasteiger partial charge < -0.3 is 10.1 Å². The van der Waals surface area contributed by atoms with Crippen molar-refractivity contribution in [3.8, 4) is 5.75 Å². The maximum atomic E-state index is 5.76. The normalized spacial score (nSPS) is 10.3. The third-order valence-corrected chi connectivity index (χ3v) is 3.01. The number of thiocarbonyl (C=S) groups is 1. The number of rotatable bonds is 5. The Morgan fingerprint density at radius 1 is 1.19 bits per heavy atom. The summed E-state index contributed by atoms with van der Waals surface area (Å²) >= 11 is 4.93. The minimum atomic E-state index is 0.475. The quantitative estimate of drug-likeness (QED) is 0.506. The second-order valence-electron chi connectivity index (χ2n) is 4.30. The van der Waals surface area contributed by atoms with Crippen molar-refractivity contribution in [2.45, 2.75) is 6.61 Å². The van der Waals surface area contributed by atoms with E-state index in [9.17, 15) is 0 Å².